The number of rotatable bonds is 0. The maximum atomic E-state index is 8.88. The zero-order chi connectivity index (χ0) is 6.85. The van der Waals surface area contributed by atoms with Gasteiger partial charge in [0.1, 0.15) is 5.75 Å². The van der Waals surface area contributed by atoms with E-state index in [1.165, 1.54) is 0 Å². The number of hydrogen-bond donors (Lipinski definition) is 2. The van der Waals surface area contributed by atoms with Crippen molar-refractivity contribution < 1.29 is 5.11 Å². The second-order valence-corrected chi connectivity index (χ2v) is 2.87. The lowest BCUT2D eigenvalue weighted by Gasteiger charge is -1.95. The molecular weight excluding hydrogens is 264 g/mol. The van der Waals surface area contributed by atoms with Crippen molar-refractivity contribution >= 4 is 40.7 Å². The van der Waals surface area contributed by atoms with Crippen LogP contribution in [0.25, 0.3) is 0 Å². The van der Waals surface area contributed by atoms with Gasteiger partial charge in [0.15, 0.2) is 0 Å². The average Bonchev–Trinajstić information content (AvgIpc) is 1.80. The summed E-state index contributed by atoms with van der Waals surface area (Å²) in [6, 6.07) is 4.87. The Hall–Kier alpha value is -0.160. The molecule has 0 radical (unpaired) electrons. The molecule has 0 amide bonds. The van der Waals surface area contributed by atoms with Gasteiger partial charge in [-0.2, -0.15) is 0 Å². The van der Waals surface area contributed by atoms with Gasteiger partial charge in [-0.1, -0.05) is 0 Å². The number of hydrogen-bond acceptors (Lipinski definition) is 2. The van der Waals surface area contributed by atoms with Crippen LogP contribution in [0.1, 0.15) is 0 Å². The first kappa shape index (κ1) is 9.84. The zero-order valence-electron chi connectivity index (χ0n) is 5.04. The van der Waals surface area contributed by atoms with E-state index in [1.54, 1.807) is 18.2 Å². The number of phenols is 1. The van der Waals surface area contributed by atoms with Crippen molar-refractivity contribution in [2.75, 3.05) is 5.73 Å². The molecule has 0 unspecified atom stereocenters. The van der Waals surface area contributed by atoms with E-state index < -0.39 is 0 Å². The summed E-state index contributed by atoms with van der Waals surface area (Å²) in [5.74, 6) is 0.258. The van der Waals surface area contributed by atoms with Crippen molar-refractivity contribution in [3.8, 4) is 5.75 Å². The first-order valence-electron chi connectivity index (χ1n) is 2.44. The molecule has 0 saturated heterocycles. The Labute approximate surface area is 79.0 Å². The summed E-state index contributed by atoms with van der Waals surface area (Å²) >= 11 is 2.06. The summed E-state index contributed by atoms with van der Waals surface area (Å²) in [4.78, 5) is 0. The van der Waals surface area contributed by atoms with Crippen LogP contribution < -0.4 is 5.73 Å². The highest BCUT2D eigenvalue weighted by atomic mass is 127. The number of phenolic OH excluding ortho intramolecular Hbond substituents is 1. The van der Waals surface area contributed by atoms with Crippen molar-refractivity contribution in [2.24, 2.45) is 0 Å². The smallest absolute Gasteiger partial charge is 0.116 e. The minimum atomic E-state index is 0. The third-order valence-electron chi connectivity index (χ3n) is 0.984. The normalized spacial score (nSPS) is 8.50. The molecule has 0 bridgehead atoms. The minimum absolute atomic E-state index is 0. The van der Waals surface area contributed by atoms with Gasteiger partial charge in [0.05, 0.1) is 0 Å². The third kappa shape index (κ3) is 2.22. The van der Waals surface area contributed by atoms with Crippen LogP contribution in [0.4, 0.5) is 5.69 Å². The Morgan fingerprint density at radius 2 is 2.00 bits per heavy atom. The van der Waals surface area contributed by atoms with Gasteiger partial charge >= 0.3 is 0 Å². The van der Waals surface area contributed by atoms with Gasteiger partial charge in [-0.15, -0.1) is 12.4 Å². The topological polar surface area (TPSA) is 46.2 Å². The van der Waals surface area contributed by atoms with Crippen molar-refractivity contribution in [3.63, 3.8) is 0 Å². The van der Waals surface area contributed by atoms with Gasteiger partial charge in [0, 0.05) is 9.26 Å². The Morgan fingerprint density at radius 3 is 2.40 bits per heavy atom. The van der Waals surface area contributed by atoms with Crippen LogP contribution >= 0.6 is 35.0 Å². The molecule has 0 spiro atoms. The molecular formula is C6H7ClINO. The molecule has 0 aliphatic rings. The van der Waals surface area contributed by atoms with Crippen LogP contribution in [0, 0.1) is 3.57 Å². The largest absolute Gasteiger partial charge is 0.508 e. The molecule has 56 valence electrons. The fraction of sp³-hybridized carbons (Fsp3) is 0. The first-order valence-corrected chi connectivity index (χ1v) is 3.52. The molecule has 0 aliphatic heterocycles. The summed E-state index contributed by atoms with van der Waals surface area (Å²) < 4.78 is 0.882. The van der Waals surface area contributed by atoms with Crippen molar-refractivity contribution in [2.45, 2.75) is 0 Å². The van der Waals surface area contributed by atoms with Crippen LogP contribution in [0.15, 0.2) is 18.2 Å². The molecule has 4 heteroatoms. The summed E-state index contributed by atoms with van der Waals surface area (Å²) in [6.45, 7) is 0. The number of aromatic hydroxyl groups is 1. The number of benzene rings is 1. The average molecular weight is 271 g/mol. The lowest BCUT2D eigenvalue weighted by molar-refractivity contribution is 0.475. The van der Waals surface area contributed by atoms with E-state index in [9.17, 15) is 0 Å². The van der Waals surface area contributed by atoms with Gasteiger partial charge in [0.2, 0.25) is 0 Å². The molecule has 10 heavy (non-hydrogen) atoms. The lowest BCUT2D eigenvalue weighted by Crippen LogP contribution is -1.86. The molecule has 2 nitrogen and oxygen atoms in total. The molecule has 1 aromatic carbocycles. The highest BCUT2D eigenvalue weighted by Crippen LogP contribution is 2.19. The summed E-state index contributed by atoms with van der Waals surface area (Å²) in [5, 5.41) is 8.88. The fourth-order valence-corrected chi connectivity index (χ4v) is 1.01. The Balaban J connectivity index is 0.000000810. The van der Waals surface area contributed by atoms with E-state index in [1.807, 2.05) is 0 Å². The van der Waals surface area contributed by atoms with Crippen LogP contribution in [0.5, 0.6) is 5.75 Å². The predicted octanol–water partition coefficient (Wildman–Crippen LogP) is 2.00. The molecule has 0 fully saturated rings. The summed E-state index contributed by atoms with van der Waals surface area (Å²) in [6.07, 6.45) is 0. The number of halogens is 2. The van der Waals surface area contributed by atoms with Crippen LogP contribution in [0.3, 0.4) is 0 Å². The maximum absolute atomic E-state index is 8.88. The van der Waals surface area contributed by atoms with Gasteiger partial charge in [-0.05, 0) is 40.8 Å². The van der Waals surface area contributed by atoms with E-state index in [4.69, 9.17) is 10.8 Å². The lowest BCUT2D eigenvalue weighted by atomic mass is 10.3. The van der Waals surface area contributed by atoms with Gasteiger partial charge < -0.3 is 10.8 Å². The summed E-state index contributed by atoms with van der Waals surface area (Å²) in [5.41, 5.74) is 6.17. The highest BCUT2D eigenvalue weighted by Gasteiger charge is 1.93. The van der Waals surface area contributed by atoms with Crippen LogP contribution in [-0.4, -0.2) is 5.11 Å². The molecule has 0 aromatic heterocycles. The van der Waals surface area contributed by atoms with Gasteiger partial charge in [0.25, 0.3) is 0 Å². The number of anilines is 1. The molecule has 3 N–H and O–H groups in total. The second kappa shape index (κ2) is 3.88. The number of nitrogen functional groups attached to an aromatic ring is 1. The van der Waals surface area contributed by atoms with Crippen molar-refractivity contribution in [3.05, 3.63) is 21.8 Å². The van der Waals surface area contributed by atoms with Crippen molar-refractivity contribution in [1.29, 1.82) is 0 Å². The monoisotopic (exact) mass is 271 g/mol. The summed E-state index contributed by atoms with van der Waals surface area (Å²) in [7, 11) is 0. The zero-order valence-corrected chi connectivity index (χ0v) is 8.02. The molecule has 0 aliphatic carbocycles. The SMILES string of the molecule is Cl.Nc1ccc(O)cc1I. The predicted molar refractivity (Wildman–Crippen MR) is 52.5 cm³/mol. The van der Waals surface area contributed by atoms with E-state index in [0.29, 0.717) is 5.69 Å². The molecule has 0 saturated carbocycles. The number of nitrogens with two attached hydrogens (primary N) is 1. The minimum Gasteiger partial charge on any atom is -0.508 e. The van der Waals surface area contributed by atoms with E-state index in [0.717, 1.165) is 3.57 Å². The fourth-order valence-electron chi connectivity index (χ4n) is 0.516. The van der Waals surface area contributed by atoms with Crippen LogP contribution in [0.2, 0.25) is 0 Å². The second-order valence-electron chi connectivity index (χ2n) is 1.71. The third-order valence-corrected chi connectivity index (χ3v) is 1.92. The first-order chi connectivity index (χ1) is 4.20. The molecule has 0 heterocycles. The molecule has 1 aromatic rings. The van der Waals surface area contributed by atoms with Crippen LogP contribution in [-0.2, 0) is 0 Å². The van der Waals surface area contributed by atoms with E-state index >= 15 is 0 Å². The standard InChI is InChI=1S/C6H6INO.ClH/c7-5-3-4(9)1-2-6(5)8;/h1-3,9H,8H2;1H. The highest BCUT2D eigenvalue weighted by molar-refractivity contribution is 14.1. The quantitative estimate of drug-likeness (QED) is 0.431. The molecule has 0 atom stereocenters. The Morgan fingerprint density at radius 1 is 1.40 bits per heavy atom. The van der Waals surface area contributed by atoms with Crippen molar-refractivity contribution in [1.82, 2.24) is 0 Å². The van der Waals surface area contributed by atoms with E-state index in [-0.39, 0.29) is 18.2 Å². The maximum Gasteiger partial charge on any atom is 0.116 e. The Bertz CT molecular complexity index is 229. The van der Waals surface area contributed by atoms with E-state index in [2.05, 4.69) is 22.6 Å². The van der Waals surface area contributed by atoms with Gasteiger partial charge in [-0.25, -0.2) is 0 Å². The molecule has 1 rings (SSSR count). The van der Waals surface area contributed by atoms with Gasteiger partial charge in [-0.3, -0.25) is 0 Å². The Kier molecular flexibility index (Phi) is 3.81.